The molecule has 1 N–H and O–H groups in total. The average Bonchev–Trinajstić information content (AvgIpc) is 2.99. The van der Waals surface area contributed by atoms with E-state index in [1.165, 1.54) is 0 Å². The van der Waals surface area contributed by atoms with E-state index in [0.717, 1.165) is 44.0 Å². The molecule has 3 rings (SSSR count). The zero-order chi connectivity index (χ0) is 17.6. The van der Waals surface area contributed by atoms with Gasteiger partial charge in [-0.15, -0.1) is 0 Å². The predicted octanol–water partition coefficient (Wildman–Crippen LogP) is 3.56. The van der Waals surface area contributed by atoms with Crippen LogP contribution in [0.4, 0.5) is 0 Å². The van der Waals surface area contributed by atoms with Crippen molar-refractivity contribution in [3.8, 4) is 0 Å². The summed E-state index contributed by atoms with van der Waals surface area (Å²) in [5, 5.41) is 10.7. The molecule has 3 heterocycles. The van der Waals surface area contributed by atoms with Gasteiger partial charge in [0.15, 0.2) is 0 Å². The van der Waals surface area contributed by atoms with E-state index >= 15 is 0 Å². The summed E-state index contributed by atoms with van der Waals surface area (Å²) in [6.07, 6.45) is 8.30. The number of rotatable bonds is 2. The number of aliphatic hydroxyl groups excluding tert-OH is 1. The molecule has 0 unspecified atom stereocenters. The van der Waals surface area contributed by atoms with Crippen LogP contribution in [0.2, 0.25) is 0 Å². The number of ether oxygens (including phenoxy) is 2. The first-order valence-electron chi connectivity index (χ1n) is 9.43. The summed E-state index contributed by atoms with van der Waals surface area (Å²) in [5.41, 5.74) is -0.0580. The predicted molar refractivity (Wildman–Crippen MR) is 92.8 cm³/mol. The van der Waals surface area contributed by atoms with E-state index in [-0.39, 0.29) is 17.3 Å². The Morgan fingerprint density at radius 3 is 2.67 bits per heavy atom. The fourth-order valence-electron chi connectivity index (χ4n) is 4.49. The van der Waals surface area contributed by atoms with Crippen LogP contribution in [0.3, 0.4) is 0 Å². The smallest absolute Gasteiger partial charge is 0.145 e. The van der Waals surface area contributed by atoms with E-state index in [1.807, 2.05) is 13.0 Å². The maximum absolute atomic E-state index is 11.3. The number of fused-ring (bicyclic) bond motifs is 3. The van der Waals surface area contributed by atoms with E-state index < -0.39 is 11.7 Å². The van der Waals surface area contributed by atoms with E-state index in [0.29, 0.717) is 18.8 Å². The van der Waals surface area contributed by atoms with Gasteiger partial charge in [-0.05, 0) is 63.9 Å². The molecule has 3 aliphatic heterocycles. The zero-order valence-electron chi connectivity index (χ0n) is 15.5. The molecule has 0 aliphatic carbocycles. The molecule has 136 valence electrons. The van der Waals surface area contributed by atoms with Gasteiger partial charge in [-0.25, -0.2) is 0 Å². The highest BCUT2D eigenvalue weighted by atomic mass is 16.6. The topological polar surface area (TPSA) is 59.1 Å². The van der Waals surface area contributed by atoms with Crippen LogP contribution in [0.1, 0.15) is 72.6 Å². The van der Waals surface area contributed by atoms with Crippen molar-refractivity contribution in [2.24, 2.45) is 5.92 Å². The van der Waals surface area contributed by atoms with Gasteiger partial charge >= 0.3 is 0 Å². The van der Waals surface area contributed by atoms with Gasteiger partial charge in [0.1, 0.15) is 6.29 Å². The zero-order valence-corrected chi connectivity index (χ0v) is 15.5. The lowest BCUT2D eigenvalue weighted by Crippen LogP contribution is -2.45. The molecular formula is C20H32O4. The summed E-state index contributed by atoms with van der Waals surface area (Å²) >= 11 is 0. The third-order valence-electron chi connectivity index (χ3n) is 6.71. The van der Waals surface area contributed by atoms with Crippen LogP contribution < -0.4 is 0 Å². The lowest BCUT2D eigenvalue weighted by atomic mass is 9.80. The average molecular weight is 336 g/mol. The number of carbonyl (C=O) groups excluding carboxylic acids is 1. The third kappa shape index (κ3) is 3.21. The summed E-state index contributed by atoms with van der Waals surface area (Å²) in [4.78, 5) is 11.3. The van der Waals surface area contributed by atoms with Gasteiger partial charge in [-0.1, -0.05) is 19.9 Å². The summed E-state index contributed by atoms with van der Waals surface area (Å²) in [5.74, 6) is 0.383. The molecule has 2 saturated heterocycles. The summed E-state index contributed by atoms with van der Waals surface area (Å²) in [6, 6.07) is 0. The Hall–Kier alpha value is -0.710. The van der Waals surface area contributed by atoms with Crippen molar-refractivity contribution >= 4 is 6.29 Å². The van der Waals surface area contributed by atoms with Crippen LogP contribution in [0.15, 0.2) is 11.6 Å². The molecule has 0 amide bonds. The van der Waals surface area contributed by atoms with Crippen molar-refractivity contribution in [3.63, 3.8) is 0 Å². The van der Waals surface area contributed by atoms with Gasteiger partial charge in [0.2, 0.25) is 0 Å². The van der Waals surface area contributed by atoms with Crippen molar-refractivity contribution in [2.75, 3.05) is 0 Å². The van der Waals surface area contributed by atoms with Gasteiger partial charge in [0, 0.05) is 6.42 Å². The van der Waals surface area contributed by atoms with Crippen LogP contribution in [0.5, 0.6) is 0 Å². The van der Waals surface area contributed by atoms with E-state index in [1.54, 1.807) is 0 Å². The maximum Gasteiger partial charge on any atom is 0.145 e. The maximum atomic E-state index is 11.3. The largest absolute Gasteiger partial charge is 0.390 e. The van der Waals surface area contributed by atoms with Crippen molar-refractivity contribution < 1.29 is 19.4 Å². The number of carbonyl (C=O) groups is 1. The summed E-state index contributed by atoms with van der Waals surface area (Å²) in [6.45, 7) is 8.62. The normalized spacial score (nSPS) is 48.5. The highest BCUT2D eigenvalue weighted by Gasteiger charge is 2.59. The molecule has 0 saturated carbocycles. The number of hydrogen-bond acceptors (Lipinski definition) is 4. The minimum atomic E-state index is -0.547. The molecule has 4 nitrogen and oxygen atoms in total. The van der Waals surface area contributed by atoms with Crippen LogP contribution >= 0.6 is 0 Å². The molecule has 5 atom stereocenters. The summed E-state index contributed by atoms with van der Waals surface area (Å²) in [7, 11) is 0. The van der Waals surface area contributed by atoms with Gasteiger partial charge in [-0.3, -0.25) is 4.79 Å². The van der Waals surface area contributed by atoms with Crippen molar-refractivity contribution in [1.82, 2.24) is 0 Å². The summed E-state index contributed by atoms with van der Waals surface area (Å²) < 4.78 is 12.6. The minimum Gasteiger partial charge on any atom is -0.390 e. The van der Waals surface area contributed by atoms with Gasteiger partial charge < -0.3 is 14.6 Å². The fourth-order valence-corrected chi connectivity index (χ4v) is 4.49. The molecule has 0 radical (unpaired) electrons. The Balaban J connectivity index is 1.86. The Bertz CT molecular complexity index is 528. The second kappa shape index (κ2) is 6.22. The molecule has 2 fully saturated rings. The van der Waals surface area contributed by atoms with Gasteiger partial charge in [-0.2, -0.15) is 0 Å². The SMILES string of the molecule is CC(C)[C@@]12CC[C@@](C)(O1)[C@H](O)CC/C(C=O)=C/CC[C@@]1(C)O[C@@H]1C2. The minimum absolute atomic E-state index is 0.0958. The number of aliphatic hydroxyl groups is 1. The molecular weight excluding hydrogens is 304 g/mol. The molecule has 0 aromatic rings. The van der Waals surface area contributed by atoms with Crippen LogP contribution in [-0.4, -0.2) is 40.4 Å². The number of epoxide rings is 1. The Kier molecular flexibility index (Phi) is 4.69. The molecule has 3 aliphatic rings. The number of allylic oxidation sites excluding steroid dienone is 2. The molecule has 0 spiro atoms. The van der Waals surface area contributed by atoms with E-state index in [2.05, 4.69) is 20.8 Å². The first-order valence-corrected chi connectivity index (χ1v) is 9.43. The molecule has 0 aromatic heterocycles. The van der Waals surface area contributed by atoms with Crippen molar-refractivity contribution in [2.45, 2.75) is 102 Å². The monoisotopic (exact) mass is 336 g/mol. The number of hydrogen-bond donors (Lipinski definition) is 1. The quantitative estimate of drug-likeness (QED) is 0.619. The third-order valence-corrected chi connectivity index (χ3v) is 6.71. The van der Waals surface area contributed by atoms with E-state index in [4.69, 9.17) is 9.47 Å². The first kappa shape index (κ1) is 18.1. The Morgan fingerprint density at radius 1 is 1.25 bits per heavy atom. The van der Waals surface area contributed by atoms with E-state index in [9.17, 15) is 9.90 Å². The first-order chi connectivity index (χ1) is 11.2. The van der Waals surface area contributed by atoms with Crippen LogP contribution in [0.25, 0.3) is 0 Å². The lowest BCUT2D eigenvalue weighted by Gasteiger charge is -2.38. The second-order valence-electron chi connectivity index (χ2n) is 8.75. The van der Waals surface area contributed by atoms with Gasteiger partial charge in [0.05, 0.1) is 29.0 Å². The number of aldehydes is 1. The highest BCUT2D eigenvalue weighted by Crippen LogP contribution is 2.53. The van der Waals surface area contributed by atoms with Crippen LogP contribution in [-0.2, 0) is 14.3 Å². The standard InChI is InChI=1S/C20H32O4/c1-14(2)20-11-10-18(3,24-20)16(22)8-7-15(13-21)6-5-9-19(4)17(12-20)23-19/h6,13-14,16-17,22H,5,7-12H2,1-4H3/b15-6-/t16-,17-,18-,19-,20+/m1/s1. The van der Waals surface area contributed by atoms with Gasteiger partial charge in [0.25, 0.3) is 0 Å². The fraction of sp³-hybridized carbons (Fsp3) is 0.850. The second-order valence-corrected chi connectivity index (χ2v) is 8.75. The Morgan fingerprint density at radius 2 is 2.00 bits per heavy atom. The lowest BCUT2D eigenvalue weighted by molar-refractivity contribution is -0.167. The molecule has 24 heavy (non-hydrogen) atoms. The molecule has 2 bridgehead atoms. The molecule has 4 heteroatoms. The van der Waals surface area contributed by atoms with Crippen molar-refractivity contribution in [3.05, 3.63) is 11.6 Å². The van der Waals surface area contributed by atoms with Crippen molar-refractivity contribution in [1.29, 1.82) is 0 Å². The Labute approximate surface area is 145 Å². The van der Waals surface area contributed by atoms with Crippen LogP contribution in [0, 0.1) is 5.92 Å². The highest BCUT2D eigenvalue weighted by molar-refractivity contribution is 5.72. The molecule has 0 aromatic carbocycles.